The van der Waals surface area contributed by atoms with Crippen molar-refractivity contribution >= 4 is 34.9 Å². The van der Waals surface area contributed by atoms with Crippen LogP contribution >= 0.6 is 11.6 Å². The summed E-state index contributed by atoms with van der Waals surface area (Å²) in [6.45, 7) is 1.20. The molecule has 0 unspecified atom stereocenters. The van der Waals surface area contributed by atoms with Gasteiger partial charge in [0.1, 0.15) is 5.75 Å². The summed E-state index contributed by atoms with van der Waals surface area (Å²) in [5.41, 5.74) is 6.53. The molecule has 3 amide bonds. The first-order valence-electron chi connectivity index (χ1n) is 6.80. The Balaban J connectivity index is 1.99. The van der Waals surface area contributed by atoms with Crippen LogP contribution in [-0.4, -0.2) is 18.7 Å². The van der Waals surface area contributed by atoms with Gasteiger partial charge in [-0.2, -0.15) is 0 Å². The van der Waals surface area contributed by atoms with Gasteiger partial charge in [-0.1, -0.05) is 17.7 Å². The van der Waals surface area contributed by atoms with Crippen LogP contribution in [0.1, 0.15) is 6.92 Å². The zero-order chi connectivity index (χ0) is 16.8. The Morgan fingerprint density at radius 2 is 1.91 bits per heavy atom. The monoisotopic (exact) mass is 333 g/mol. The fourth-order valence-corrected chi connectivity index (χ4v) is 2.02. The summed E-state index contributed by atoms with van der Waals surface area (Å²) in [5, 5.41) is 3.10. The quantitative estimate of drug-likeness (QED) is 0.665. The van der Waals surface area contributed by atoms with E-state index in [0.29, 0.717) is 22.1 Å². The van der Waals surface area contributed by atoms with Crippen LogP contribution in [-0.2, 0) is 4.79 Å². The van der Waals surface area contributed by atoms with Gasteiger partial charge in [-0.15, -0.1) is 0 Å². The molecule has 6 nitrogen and oxygen atoms in total. The highest BCUT2D eigenvalue weighted by molar-refractivity contribution is 6.30. The van der Waals surface area contributed by atoms with Crippen molar-refractivity contribution in [3.05, 3.63) is 53.6 Å². The highest BCUT2D eigenvalue weighted by atomic mass is 35.5. The van der Waals surface area contributed by atoms with E-state index in [4.69, 9.17) is 22.1 Å². The molecule has 0 fully saturated rings. The minimum absolute atomic E-state index is 0.0907. The fourth-order valence-electron chi connectivity index (χ4n) is 1.90. The molecule has 0 aromatic heterocycles. The predicted molar refractivity (Wildman–Crippen MR) is 89.5 cm³/mol. The van der Waals surface area contributed by atoms with E-state index in [9.17, 15) is 9.59 Å². The molecular formula is C16H16ClN3O3. The molecule has 0 bridgehead atoms. The summed E-state index contributed by atoms with van der Waals surface area (Å²) in [5.74, 6) is 0.118. The lowest BCUT2D eigenvalue weighted by Crippen LogP contribution is -2.44. The molecule has 0 aliphatic carbocycles. The Hall–Kier alpha value is -2.73. The maximum Gasteiger partial charge on any atom is 0.331 e. The minimum Gasteiger partial charge on any atom is -0.473 e. The van der Waals surface area contributed by atoms with Crippen LogP contribution in [0.5, 0.6) is 5.75 Å². The lowest BCUT2D eigenvalue weighted by molar-refractivity contribution is -0.115. The van der Waals surface area contributed by atoms with Crippen molar-refractivity contribution in [2.24, 2.45) is 0 Å². The van der Waals surface area contributed by atoms with E-state index in [0.717, 1.165) is 4.90 Å². The Bertz CT molecular complexity index is 704. The van der Waals surface area contributed by atoms with E-state index >= 15 is 0 Å². The second-order valence-corrected chi connectivity index (χ2v) is 5.11. The van der Waals surface area contributed by atoms with Gasteiger partial charge >= 0.3 is 6.03 Å². The first kappa shape index (κ1) is 16.6. The third-order valence-electron chi connectivity index (χ3n) is 2.92. The molecule has 2 rings (SSSR count). The number of carbonyl (C=O) groups excluding carboxylic acids is 2. The van der Waals surface area contributed by atoms with Gasteiger partial charge in [0.2, 0.25) is 5.91 Å². The van der Waals surface area contributed by atoms with E-state index in [1.807, 2.05) is 0 Å². The average molecular weight is 334 g/mol. The van der Waals surface area contributed by atoms with Gasteiger partial charge in [-0.05, 0) is 42.5 Å². The Morgan fingerprint density at radius 1 is 1.22 bits per heavy atom. The van der Waals surface area contributed by atoms with Crippen molar-refractivity contribution in [1.29, 1.82) is 0 Å². The normalized spacial score (nSPS) is 10.0. The molecule has 0 saturated heterocycles. The molecule has 3 N–H and O–H groups in total. The molecule has 0 radical (unpaired) electrons. The molecule has 2 aromatic rings. The number of amides is 3. The number of benzene rings is 2. The molecule has 0 aliphatic rings. The van der Waals surface area contributed by atoms with E-state index in [1.54, 1.807) is 48.5 Å². The van der Waals surface area contributed by atoms with Crippen molar-refractivity contribution in [3.63, 3.8) is 0 Å². The van der Waals surface area contributed by atoms with Gasteiger partial charge in [0.15, 0.2) is 6.73 Å². The first-order chi connectivity index (χ1) is 11.0. The number of nitrogens with one attached hydrogen (secondary N) is 1. The minimum atomic E-state index is -0.600. The van der Waals surface area contributed by atoms with E-state index in [2.05, 4.69) is 5.32 Å². The topological polar surface area (TPSA) is 84.7 Å². The van der Waals surface area contributed by atoms with Crippen LogP contribution in [0.3, 0.4) is 0 Å². The summed E-state index contributed by atoms with van der Waals surface area (Å²) in [6.07, 6.45) is 0. The van der Waals surface area contributed by atoms with Crippen LogP contribution in [0.4, 0.5) is 16.2 Å². The van der Waals surface area contributed by atoms with E-state index in [1.165, 1.54) is 6.92 Å². The zero-order valence-electron chi connectivity index (χ0n) is 12.5. The maximum atomic E-state index is 12.2. The Kier molecular flexibility index (Phi) is 5.43. The van der Waals surface area contributed by atoms with Gasteiger partial charge in [0, 0.05) is 17.6 Å². The van der Waals surface area contributed by atoms with Crippen LogP contribution in [0.15, 0.2) is 48.5 Å². The third-order valence-corrected chi connectivity index (χ3v) is 3.17. The van der Waals surface area contributed by atoms with Crippen molar-refractivity contribution in [1.82, 2.24) is 5.32 Å². The molecule has 0 spiro atoms. The number of nitrogens with zero attached hydrogens (tertiary/aromatic N) is 1. The summed E-state index contributed by atoms with van der Waals surface area (Å²) in [4.78, 5) is 24.9. The number of hydrogen-bond donors (Lipinski definition) is 2. The third kappa shape index (κ3) is 4.62. The van der Waals surface area contributed by atoms with Crippen LogP contribution < -0.4 is 20.7 Å². The number of ether oxygens (including phenoxy) is 1. The maximum absolute atomic E-state index is 12.2. The molecule has 120 valence electrons. The second-order valence-electron chi connectivity index (χ2n) is 4.67. The van der Waals surface area contributed by atoms with Gasteiger partial charge in [0.25, 0.3) is 0 Å². The standard InChI is InChI=1S/C16H16ClN3O3/c1-11(21)20(14-4-2-3-13(18)9-14)16(22)19-10-23-15-7-5-12(17)6-8-15/h2-9H,10,18H2,1H3,(H,19,22). The summed E-state index contributed by atoms with van der Waals surface area (Å²) < 4.78 is 5.37. The largest absolute Gasteiger partial charge is 0.473 e. The molecule has 0 atom stereocenters. The van der Waals surface area contributed by atoms with Crippen LogP contribution in [0.25, 0.3) is 0 Å². The van der Waals surface area contributed by atoms with Crippen molar-refractivity contribution in [3.8, 4) is 5.75 Å². The number of rotatable bonds is 4. The Labute approximate surface area is 138 Å². The molecule has 0 aliphatic heterocycles. The number of imide groups is 1. The molecule has 23 heavy (non-hydrogen) atoms. The molecule has 7 heteroatoms. The second kappa shape index (κ2) is 7.51. The molecule has 0 saturated carbocycles. The fraction of sp³-hybridized carbons (Fsp3) is 0.125. The van der Waals surface area contributed by atoms with Crippen LogP contribution in [0, 0.1) is 0 Å². The van der Waals surface area contributed by atoms with Gasteiger partial charge in [-0.3, -0.25) is 4.79 Å². The number of halogens is 1. The van der Waals surface area contributed by atoms with Crippen molar-refractivity contribution < 1.29 is 14.3 Å². The lowest BCUT2D eigenvalue weighted by atomic mass is 10.2. The summed E-state index contributed by atoms with van der Waals surface area (Å²) >= 11 is 5.77. The van der Waals surface area contributed by atoms with Gasteiger partial charge < -0.3 is 15.8 Å². The number of anilines is 2. The predicted octanol–water partition coefficient (Wildman–Crippen LogP) is 3.02. The molecule has 2 aromatic carbocycles. The lowest BCUT2D eigenvalue weighted by Gasteiger charge is -2.20. The summed E-state index contributed by atoms with van der Waals surface area (Å²) in [7, 11) is 0. The number of hydrogen-bond acceptors (Lipinski definition) is 4. The van der Waals surface area contributed by atoms with Gasteiger partial charge in [0.05, 0.1) is 5.69 Å². The number of carbonyl (C=O) groups is 2. The number of urea groups is 1. The molecule has 0 heterocycles. The Morgan fingerprint density at radius 3 is 2.52 bits per heavy atom. The average Bonchev–Trinajstić information content (AvgIpc) is 2.49. The number of nitrogens with two attached hydrogens (primary N) is 1. The van der Waals surface area contributed by atoms with E-state index < -0.39 is 11.9 Å². The van der Waals surface area contributed by atoms with Gasteiger partial charge in [-0.25, -0.2) is 9.69 Å². The number of nitrogen functional groups attached to an aromatic ring is 1. The highest BCUT2D eigenvalue weighted by Gasteiger charge is 2.20. The van der Waals surface area contributed by atoms with Crippen molar-refractivity contribution in [2.45, 2.75) is 6.92 Å². The SMILES string of the molecule is CC(=O)N(C(=O)NCOc1ccc(Cl)cc1)c1cccc(N)c1. The molecular weight excluding hydrogens is 318 g/mol. The van der Waals surface area contributed by atoms with Crippen molar-refractivity contribution in [2.75, 3.05) is 17.4 Å². The smallest absolute Gasteiger partial charge is 0.331 e. The first-order valence-corrected chi connectivity index (χ1v) is 7.17. The van der Waals surface area contributed by atoms with Crippen LogP contribution in [0.2, 0.25) is 5.02 Å². The van der Waals surface area contributed by atoms with E-state index in [-0.39, 0.29) is 6.73 Å². The highest BCUT2D eigenvalue weighted by Crippen LogP contribution is 2.18. The zero-order valence-corrected chi connectivity index (χ0v) is 13.2. The summed E-state index contributed by atoms with van der Waals surface area (Å²) in [6, 6.07) is 12.6.